The molecule has 0 bridgehead atoms. The third-order valence-electron chi connectivity index (χ3n) is 0.421. The van der Waals surface area contributed by atoms with Crippen LogP contribution in [0.15, 0.2) is 0 Å². The zero-order valence-electron chi connectivity index (χ0n) is 9.11. The number of hydrogen-bond acceptors (Lipinski definition) is 5. The molecule has 0 aliphatic carbocycles. The molecule has 0 aliphatic heterocycles. The standard InChI is InChI=1S/CH5ClO7P2.CH4O.Mg.2H/c2-1-8-11(6,7)9-10(3,4)5;1-2;;;/h1H2,(H,6,7)(H2,3,4,5);2H,1H3;;;/q;;+2;2*-1. The van der Waals surface area contributed by atoms with Gasteiger partial charge in [0.15, 0.2) is 0 Å². The van der Waals surface area contributed by atoms with Gasteiger partial charge in [0.1, 0.15) is 6.07 Å². The van der Waals surface area contributed by atoms with Crippen molar-refractivity contribution < 1.29 is 40.6 Å². The van der Waals surface area contributed by atoms with Gasteiger partial charge in [-0.05, 0) is 0 Å². The number of halogens is 1. The minimum Gasteiger partial charge on any atom is -1.00 e. The van der Waals surface area contributed by atoms with E-state index >= 15 is 0 Å². The fraction of sp³-hybridized carbons (Fsp3) is 1.00. The van der Waals surface area contributed by atoms with E-state index in [2.05, 4.69) is 8.83 Å². The van der Waals surface area contributed by atoms with Crippen LogP contribution in [0.4, 0.5) is 0 Å². The molecule has 0 heterocycles. The Labute approximate surface area is 104 Å². The Morgan fingerprint density at radius 2 is 1.64 bits per heavy atom. The number of alkyl halides is 1. The van der Waals surface area contributed by atoms with Gasteiger partial charge in [-0.3, -0.25) is 4.52 Å². The van der Waals surface area contributed by atoms with Crippen LogP contribution in [0.3, 0.4) is 0 Å². The molecule has 1 atom stereocenters. The normalized spacial score (nSPS) is 14.4. The van der Waals surface area contributed by atoms with Crippen molar-refractivity contribution in [3.63, 3.8) is 0 Å². The van der Waals surface area contributed by atoms with E-state index in [1.807, 2.05) is 0 Å². The molecule has 0 rings (SSSR count). The predicted molar refractivity (Wildman–Crippen MR) is 50.9 cm³/mol. The Kier molecular flexibility index (Phi) is 14.0. The van der Waals surface area contributed by atoms with Crippen molar-refractivity contribution in [1.29, 1.82) is 0 Å². The van der Waals surface area contributed by atoms with Crippen LogP contribution < -0.4 is 0 Å². The minimum absolute atomic E-state index is 0. The molecule has 0 amide bonds. The van der Waals surface area contributed by atoms with E-state index in [0.717, 1.165) is 7.11 Å². The van der Waals surface area contributed by atoms with Gasteiger partial charge < -0.3 is 22.6 Å². The number of hydrogen-bond donors (Lipinski definition) is 4. The monoisotopic (exact) mass is 284 g/mol. The molecular weight excluding hydrogens is 274 g/mol. The molecule has 8 nitrogen and oxygen atoms in total. The van der Waals surface area contributed by atoms with Crippen molar-refractivity contribution in [3.05, 3.63) is 0 Å². The fourth-order valence-electron chi connectivity index (χ4n) is 0.220. The van der Waals surface area contributed by atoms with Gasteiger partial charge in [-0.25, -0.2) is 9.13 Å². The number of phosphoric ester groups is 1. The van der Waals surface area contributed by atoms with Crippen LogP contribution in [0.1, 0.15) is 2.85 Å². The zero-order valence-corrected chi connectivity index (χ0v) is 11.1. The van der Waals surface area contributed by atoms with Crippen LogP contribution in [0.5, 0.6) is 0 Å². The second-order valence-corrected chi connectivity index (χ2v) is 4.33. The van der Waals surface area contributed by atoms with E-state index < -0.39 is 21.7 Å². The Balaban J connectivity index is -0.0000000760. The van der Waals surface area contributed by atoms with Gasteiger partial charge in [0.2, 0.25) is 0 Å². The third kappa shape index (κ3) is 15.7. The number of aliphatic hydroxyl groups is 1. The molecule has 1 unspecified atom stereocenters. The summed E-state index contributed by atoms with van der Waals surface area (Å²) >= 11 is 4.83. The van der Waals surface area contributed by atoms with Crippen molar-refractivity contribution in [2.24, 2.45) is 0 Å². The van der Waals surface area contributed by atoms with Gasteiger partial charge in [0, 0.05) is 7.11 Å². The van der Waals surface area contributed by atoms with E-state index in [1.54, 1.807) is 0 Å². The average molecular weight is 285 g/mol. The summed E-state index contributed by atoms with van der Waals surface area (Å²) in [6.45, 7) is 0. The minimum atomic E-state index is -5.01. The SMILES string of the molecule is CO.O=P(O)(O)OP(=O)(O)OCCl.[H-].[H-].[Mg+2]. The van der Waals surface area contributed by atoms with Gasteiger partial charge in [-0.2, -0.15) is 4.31 Å². The molecule has 0 aromatic rings. The molecule has 86 valence electrons. The summed E-state index contributed by atoms with van der Waals surface area (Å²) < 4.78 is 27.4. The van der Waals surface area contributed by atoms with Crippen molar-refractivity contribution in [2.45, 2.75) is 0 Å². The maximum absolute atomic E-state index is 10.4. The van der Waals surface area contributed by atoms with Crippen LogP contribution in [0, 0.1) is 0 Å². The van der Waals surface area contributed by atoms with Crippen LogP contribution in [0.25, 0.3) is 0 Å². The topological polar surface area (TPSA) is 134 Å². The smallest absolute Gasteiger partial charge is 1.00 e. The van der Waals surface area contributed by atoms with Gasteiger partial charge in [0.05, 0.1) is 0 Å². The first-order valence-electron chi connectivity index (χ1n) is 2.52. The largest absolute Gasteiger partial charge is 2.00 e. The summed E-state index contributed by atoms with van der Waals surface area (Å²) in [6, 6.07) is -0.701. The molecule has 0 aliphatic rings. The van der Waals surface area contributed by atoms with Crippen LogP contribution in [-0.2, 0) is 18.0 Å². The van der Waals surface area contributed by atoms with Crippen LogP contribution in [-0.4, -0.2) is 56.0 Å². The molecule has 0 radical (unpaired) electrons. The van der Waals surface area contributed by atoms with Crippen molar-refractivity contribution >= 4 is 50.3 Å². The van der Waals surface area contributed by atoms with Crippen LogP contribution in [0.2, 0.25) is 0 Å². The van der Waals surface area contributed by atoms with Gasteiger partial charge in [-0.1, -0.05) is 11.6 Å². The molecule has 0 saturated carbocycles. The second-order valence-electron chi connectivity index (χ2n) is 1.28. The fourth-order valence-corrected chi connectivity index (χ4v) is 1.98. The summed E-state index contributed by atoms with van der Waals surface area (Å²) in [6.07, 6.45) is 0. The summed E-state index contributed by atoms with van der Waals surface area (Å²) in [5.74, 6) is 0. The molecule has 12 heteroatoms. The van der Waals surface area contributed by atoms with Crippen molar-refractivity contribution in [1.82, 2.24) is 0 Å². The maximum Gasteiger partial charge on any atom is 2.00 e. The molecule has 0 aromatic heterocycles. The average Bonchev–Trinajstić information content (AvgIpc) is 1.85. The van der Waals surface area contributed by atoms with Gasteiger partial charge in [-0.15, -0.1) is 0 Å². The molecule has 4 N–H and O–H groups in total. The Morgan fingerprint density at radius 3 is 1.86 bits per heavy atom. The Morgan fingerprint density at radius 1 is 1.29 bits per heavy atom. The zero-order chi connectivity index (χ0) is 11.1. The summed E-state index contributed by atoms with van der Waals surface area (Å²) in [5, 5.41) is 7.00. The first kappa shape index (κ1) is 20.7. The van der Waals surface area contributed by atoms with E-state index in [4.69, 9.17) is 31.4 Å². The molecular formula is C2H11ClMgO8P2. The Bertz CT molecular complexity index is 224. The molecule has 0 spiro atoms. The number of aliphatic hydroxyl groups excluding tert-OH is 1. The summed E-state index contributed by atoms with van der Waals surface area (Å²) in [5.41, 5.74) is 0. The summed E-state index contributed by atoms with van der Waals surface area (Å²) in [4.78, 5) is 24.4. The van der Waals surface area contributed by atoms with Crippen LogP contribution >= 0.6 is 27.2 Å². The second kappa shape index (κ2) is 9.50. The van der Waals surface area contributed by atoms with E-state index in [0.29, 0.717) is 0 Å². The van der Waals surface area contributed by atoms with Crippen molar-refractivity contribution in [2.75, 3.05) is 13.2 Å². The number of phosphoric acid groups is 2. The Hall–Kier alpha value is 1.28. The maximum atomic E-state index is 10.4. The first-order valence-corrected chi connectivity index (χ1v) is 6.08. The van der Waals surface area contributed by atoms with Gasteiger partial charge in [0.25, 0.3) is 0 Å². The van der Waals surface area contributed by atoms with E-state index in [-0.39, 0.29) is 25.9 Å². The van der Waals surface area contributed by atoms with Crippen molar-refractivity contribution in [3.8, 4) is 0 Å². The molecule has 14 heavy (non-hydrogen) atoms. The third-order valence-corrected chi connectivity index (χ3v) is 2.81. The molecule has 0 saturated heterocycles. The quantitative estimate of drug-likeness (QED) is 0.318. The van der Waals surface area contributed by atoms with Gasteiger partial charge >= 0.3 is 38.7 Å². The van der Waals surface area contributed by atoms with E-state index in [1.165, 1.54) is 0 Å². The molecule has 0 aromatic carbocycles. The first-order chi connectivity index (χ1) is 5.77. The molecule has 0 fully saturated rings. The number of rotatable bonds is 4. The summed E-state index contributed by atoms with van der Waals surface area (Å²) in [7, 11) is -8.72. The van der Waals surface area contributed by atoms with E-state index in [9.17, 15) is 9.13 Å². The predicted octanol–water partition coefficient (Wildman–Crippen LogP) is -0.138.